The van der Waals surface area contributed by atoms with Gasteiger partial charge >= 0.3 is 0 Å². The van der Waals surface area contributed by atoms with Gasteiger partial charge in [0.25, 0.3) is 0 Å². The number of hydrogen-bond donors (Lipinski definition) is 0. The molecule has 0 bridgehead atoms. The molecule has 0 nitrogen and oxygen atoms in total. The third-order valence-corrected chi connectivity index (χ3v) is 5.76. The normalized spacial score (nSPS) is 12.7. The topological polar surface area (TPSA) is 0 Å². The van der Waals surface area contributed by atoms with E-state index in [0.29, 0.717) is 4.83 Å². The highest BCUT2D eigenvalue weighted by Gasteiger charge is 2.12. The summed E-state index contributed by atoms with van der Waals surface area (Å²) in [6.45, 7) is 2.18. The average molecular weight is 331 g/mol. The number of thiophene rings is 1. The second-order valence-corrected chi connectivity index (χ2v) is 7.01. The molecule has 0 spiro atoms. The molecule has 19 heavy (non-hydrogen) atoms. The van der Waals surface area contributed by atoms with Crippen LogP contribution < -0.4 is 0 Å². The van der Waals surface area contributed by atoms with Crippen molar-refractivity contribution in [2.24, 2.45) is 0 Å². The molecule has 3 rings (SSSR count). The molecule has 3 aromatic rings. The van der Waals surface area contributed by atoms with Crippen molar-refractivity contribution < 1.29 is 0 Å². The minimum Gasteiger partial charge on any atom is -0.139 e. The minimum atomic E-state index is 0.394. The van der Waals surface area contributed by atoms with Crippen molar-refractivity contribution in [3.63, 3.8) is 0 Å². The third-order valence-electron chi connectivity index (χ3n) is 3.41. The van der Waals surface area contributed by atoms with Gasteiger partial charge in [-0.3, -0.25) is 0 Å². The van der Waals surface area contributed by atoms with E-state index in [9.17, 15) is 0 Å². The number of rotatable bonds is 3. The molecule has 0 saturated carbocycles. The van der Waals surface area contributed by atoms with E-state index in [-0.39, 0.29) is 0 Å². The molecule has 0 amide bonds. The first-order chi connectivity index (χ1) is 9.24. The molecule has 0 saturated heterocycles. The first-order valence-corrected chi connectivity index (χ1v) is 8.14. The van der Waals surface area contributed by atoms with Crippen LogP contribution in [0.4, 0.5) is 0 Å². The maximum atomic E-state index is 3.85. The van der Waals surface area contributed by atoms with Crippen LogP contribution in [-0.4, -0.2) is 0 Å². The third kappa shape index (κ3) is 2.75. The molecule has 1 atom stereocenters. The number of alkyl halides is 1. The van der Waals surface area contributed by atoms with Crippen LogP contribution in [0.2, 0.25) is 0 Å². The van der Waals surface area contributed by atoms with E-state index in [1.54, 1.807) is 0 Å². The first-order valence-electron chi connectivity index (χ1n) is 6.41. The van der Waals surface area contributed by atoms with Gasteiger partial charge in [-0.15, -0.1) is 11.3 Å². The summed E-state index contributed by atoms with van der Waals surface area (Å²) in [5, 5.41) is 1.34. The highest BCUT2D eigenvalue weighted by molar-refractivity contribution is 9.09. The van der Waals surface area contributed by atoms with Gasteiger partial charge in [0, 0.05) is 9.58 Å². The number of fused-ring (bicyclic) bond motifs is 1. The highest BCUT2D eigenvalue weighted by atomic mass is 79.9. The zero-order valence-corrected chi connectivity index (χ0v) is 13.2. The molecule has 0 aliphatic carbocycles. The maximum Gasteiger partial charge on any atom is 0.0529 e. The average Bonchev–Trinajstić information content (AvgIpc) is 2.85. The standard InChI is InChI=1S/C17H15BrS/c1-12-6-2-3-7-13(12)10-15(18)17-11-14-8-4-5-9-16(14)19-17/h2-9,11,15H,10H2,1H3. The Morgan fingerprint density at radius 3 is 2.58 bits per heavy atom. The van der Waals surface area contributed by atoms with Crippen LogP contribution in [0.25, 0.3) is 10.1 Å². The molecule has 2 aromatic carbocycles. The lowest BCUT2D eigenvalue weighted by atomic mass is 10.0. The van der Waals surface area contributed by atoms with Crippen molar-refractivity contribution in [3.05, 3.63) is 70.6 Å². The molecular formula is C17H15BrS. The fourth-order valence-electron chi connectivity index (χ4n) is 2.29. The van der Waals surface area contributed by atoms with Crippen molar-refractivity contribution in [2.45, 2.75) is 18.2 Å². The smallest absolute Gasteiger partial charge is 0.0529 e. The molecule has 0 radical (unpaired) electrons. The van der Waals surface area contributed by atoms with Gasteiger partial charge in [0.05, 0.1) is 4.83 Å². The van der Waals surface area contributed by atoms with E-state index in [0.717, 1.165) is 6.42 Å². The summed E-state index contributed by atoms with van der Waals surface area (Å²) in [5.74, 6) is 0. The van der Waals surface area contributed by atoms with Gasteiger partial charge in [-0.1, -0.05) is 58.4 Å². The first kappa shape index (κ1) is 12.9. The van der Waals surface area contributed by atoms with Gasteiger partial charge in [-0.2, -0.15) is 0 Å². The lowest BCUT2D eigenvalue weighted by molar-refractivity contribution is 0.958. The Morgan fingerprint density at radius 2 is 1.79 bits per heavy atom. The van der Waals surface area contributed by atoms with Crippen LogP contribution >= 0.6 is 27.3 Å². The summed E-state index contributed by atoms with van der Waals surface area (Å²) >= 11 is 5.73. The highest BCUT2D eigenvalue weighted by Crippen LogP contribution is 2.36. The zero-order valence-electron chi connectivity index (χ0n) is 10.8. The summed E-state index contributed by atoms with van der Waals surface area (Å²) in [7, 11) is 0. The van der Waals surface area contributed by atoms with Gasteiger partial charge in [0.15, 0.2) is 0 Å². The summed E-state index contributed by atoms with van der Waals surface area (Å²) in [4.78, 5) is 1.80. The van der Waals surface area contributed by atoms with Crippen LogP contribution in [0, 0.1) is 6.92 Å². The van der Waals surface area contributed by atoms with Crippen molar-refractivity contribution in [1.82, 2.24) is 0 Å². The summed E-state index contributed by atoms with van der Waals surface area (Å²) in [6, 6.07) is 19.5. The minimum absolute atomic E-state index is 0.394. The van der Waals surface area contributed by atoms with E-state index in [1.165, 1.54) is 26.1 Å². The molecule has 96 valence electrons. The van der Waals surface area contributed by atoms with Crippen LogP contribution in [0.1, 0.15) is 20.8 Å². The molecule has 0 aliphatic heterocycles. The molecule has 1 unspecified atom stereocenters. The molecule has 1 aromatic heterocycles. The zero-order chi connectivity index (χ0) is 13.2. The van der Waals surface area contributed by atoms with Gasteiger partial charge in [-0.05, 0) is 42.0 Å². The molecule has 0 aliphatic rings. The van der Waals surface area contributed by atoms with Crippen LogP contribution in [0.5, 0.6) is 0 Å². The fraction of sp³-hybridized carbons (Fsp3) is 0.176. The molecule has 1 heterocycles. The molecule has 2 heteroatoms. The van der Waals surface area contributed by atoms with Crippen molar-refractivity contribution in [1.29, 1.82) is 0 Å². The van der Waals surface area contributed by atoms with Crippen molar-refractivity contribution in [3.8, 4) is 0 Å². The van der Waals surface area contributed by atoms with Gasteiger partial charge < -0.3 is 0 Å². The predicted molar refractivity (Wildman–Crippen MR) is 88.4 cm³/mol. The Morgan fingerprint density at radius 1 is 1.05 bits per heavy atom. The number of benzene rings is 2. The Balaban J connectivity index is 1.87. The number of halogens is 1. The van der Waals surface area contributed by atoms with E-state index in [2.05, 4.69) is 77.5 Å². The van der Waals surface area contributed by atoms with Gasteiger partial charge in [-0.25, -0.2) is 0 Å². The Bertz CT molecular complexity index is 666. The summed E-state index contributed by atoms with van der Waals surface area (Å²) in [5.41, 5.74) is 2.79. The predicted octanol–water partition coefficient (Wildman–Crippen LogP) is 5.89. The molecule has 0 fully saturated rings. The largest absolute Gasteiger partial charge is 0.139 e. The lowest BCUT2D eigenvalue weighted by Crippen LogP contribution is -1.95. The Hall–Kier alpha value is -1.12. The summed E-state index contributed by atoms with van der Waals surface area (Å²) < 4.78 is 1.37. The second-order valence-electron chi connectivity index (χ2n) is 4.78. The Labute approximate surface area is 126 Å². The van der Waals surface area contributed by atoms with E-state index < -0.39 is 0 Å². The van der Waals surface area contributed by atoms with E-state index in [1.807, 2.05) is 11.3 Å². The monoisotopic (exact) mass is 330 g/mol. The van der Waals surface area contributed by atoms with Crippen LogP contribution in [0.15, 0.2) is 54.6 Å². The number of hydrogen-bond acceptors (Lipinski definition) is 1. The molecular weight excluding hydrogens is 316 g/mol. The van der Waals surface area contributed by atoms with Gasteiger partial charge in [0.2, 0.25) is 0 Å². The maximum absolute atomic E-state index is 3.85. The lowest BCUT2D eigenvalue weighted by Gasteiger charge is -2.09. The van der Waals surface area contributed by atoms with Crippen molar-refractivity contribution >= 4 is 37.4 Å². The fourth-order valence-corrected chi connectivity index (χ4v) is 4.09. The Kier molecular flexibility index (Phi) is 3.72. The second kappa shape index (κ2) is 5.48. The van der Waals surface area contributed by atoms with E-state index in [4.69, 9.17) is 0 Å². The SMILES string of the molecule is Cc1ccccc1CC(Br)c1cc2ccccc2s1. The van der Waals surface area contributed by atoms with E-state index >= 15 is 0 Å². The van der Waals surface area contributed by atoms with Gasteiger partial charge in [0.1, 0.15) is 0 Å². The van der Waals surface area contributed by atoms with Crippen LogP contribution in [0.3, 0.4) is 0 Å². The summed E-state index contributed by atoms with van der Waals surface area (Å²) in [6.07, 6.45) is 1.04. The van der Waals surface area contributed by atoms with Crippen LogP contribution in [-0.2, 0) is 6.42 Å². The quantitative estimate of drug-likeness (QED) is 0.525. The number of aryl methyl sites for hydroxylation is 1. The van der Waals surface area contributed by atoms with Crippen molar-refractivity contribution in [2.75, 3.05) is 0 Å². The molecule has 0 N–H and O–H groups in total.